The Kier molecular flexibility index (Phi) is 6.03. The molecule has 0 aliphatic rings. The molecule has 0 saturated carbocycles. The van der Waals surface area contributed by atoms with E-state index in [2.05, 4.69) is 32.3 Å². The molecule has 0 amide bonds. The van der Waals surface area contributed by atoms with E-state index >= 15 is 0 Å². The maximum Gasteiger partial charge on any atom is 0.0160 e. The van der Waals surface area contributed by atoms with Gasteiger partial charge in [0, 0.05) is 19.1 Å². The molecule has 72 valence electrons. The van der Waals surface area contributed by atoms with Crippen molar-refractivity contribution in [1.82, 2.24) is 4.90 Å². The van der Waals surface area contributed by atoms with Gasteiger partial charge >= 0.3 is 0 Å². The lowest BCUT2D eigenvalue weighted by Crippen LogP contribution is -2.36. The first-order chi connectivity index (χ1) is 5.61. The van der Waals surface area contributed by atoms with Crippen LogP contribution in [0.5, 0.6) is 0 Å². The minimum absolute atomic E-state index is 0.281. The number of hydrogen-bond donors (Lipinski definition) is 1. The highest BCUT2D eigenvalue weighted by Crippen LogP contribution is 2.03. The van der Waals surface area contributed by atoms with Crippen LogP contribution in [0, 0.1) is 5.92 Å². The summed E-state index contributed by atoms with van der Waals surface area (Å²) in [5, 5.41) is 0. The first-order valence-electron chi connectivity index (χ1n) is 4.70. The molecule has 0 bridgehead atoms. The monoisotopic (exact) mass is 170 g/mol. The lowest BCUT2D eigenvalue weighted by Gasteiger charge is -2.24. The van der Waals surface area contributed by atoms with Crippen molar-refractivity contribution in [3.63, 3.8) is 0 Å². The van der Waals surface area contributed by atoms with E-state index in [1.807, 2.05) is 6.08 Å². The Morgan fingerprint density at radius 3 is 2.42 bits per heavy atom. The lowest BCUT2D eigenvalue weighted by molar-refractivity contribution is 0.257. The van der Waals surface area contributed by atoms with Gasteiger partial charge in [-0.25, -0.2) is 0 Å². The van der Waals surface area contributed by atoms with Gasteiger partial charge in [0.1, 0.15) is 0 Å². The molecule has 2 unspecified atom stereocenters. The standard InChI is InChI=1S/C10H22N2/c1-5-7-12(6-2)8-9(3)10(4)11/h5,9-10H,1,6-8,11H2,2-4H3. The highest BCUT2D eigenvalue weighted by molar-refractivity contribution is 4.75. The third-order valence-electron chi connectivity index (χ3n) is 2.28. The number of nitrogens with zero attached hydrogens (tertiary/aromatic N) is 1. The fourth-order valence-electron chi connectivity index (χ4n) is 1.09. The second kappa shape index (κ2) is 6.21. The van der Waals surface area contributed by atoms with Crippen LogP contribution in [0.2, 0.25) is 0 Å². The highest BCUT2D eigenvalue weighted by Gasteiger charge is 2.10. The molecule has 2 heteroatoms. The van der Waals surface area contributed by atoms with Gasteiger partial charge in [0.05, 0.1) is 0 Å². The number of likely N-dealkylation sites (N-methyl/N-ethyl adjacent to an activating group) is 1. The number of rotatable bonds is 6. The fourth-order valence-corrected chi connectivity index (χ4v) is 1.09. The average molecular weight is 170 g/mol. The molecule has 0 radical (unpaired) electrons. The third-order valence-corrected chi connectivity index (χ3v) is 2.28. The maximum atomic E-state index is 5.78. The molecule has 0 saturated heterocycles. The minimum atomic E-state index is 0.281. The SMILES string of the molecule is C=CCN(CC)CC(C)C(C)N. The molecule has 0 rings (SSSR count). The Bertz CT molecular complexity index is 121. The molecule has 0 aromatic rings. The third kappa shape index (κ3) is 4.52. The minimum Gasteiger partial charge on any atom is -0.328 e. The van der Waals surface area contributed by atoms with Gasteiger partial charge in [-0.15, -0.1) is 6.58 Å². The van der Waals surface area contributed by atoms with E-state index in [1.54, 1.807) is 0 Å². The van der Waals surface area contributed by atoms with Crippen molar-refractivity contribution in [1.29, 1.82) is 0 Å². The first-order valence-corrected chi connectivity index (χ1v) is 4.70. The van der Waals surface area contributed by atoms with Gasteiger partial charge in [0.15, 0.2) is 0 Å². The predicted octanol–water partition coefficient (Wildman–Crippen LogP) is 1.48. The van der Waals surface area contributed by atoms with Crippen molar-refractivity contribution < 1.29 is 0 Å². The Labute approximate surface area is 76.4 Å². The van der Waals surface area contributed by atoms with E-state index in [4.69, 9.17) is 5.73 Å². The quantitative estimate of drug-likeness (QED) is 0.612. The van der Waals surface area contributed by atoms with Crippen LogP contribution in [0.25, 0.3) is 0 Å². The normalized spacial score (nSPS) is 16.1. The predicted molar refractivity (Wildman–Crippen MR) is 55.1 cm³/mol. The molecule has 0 spiro atoms. The van der Waals surface area contributed by atoms with Crippen LogP contribution in [0.3, 0.4) is 0 Å². The molecular formula is C10H22N2. The first kappa shape index (κ1) is 11.7. The molecule has 2 atom stereocenters. The Hall–Kier alpha value is -0.340. The molecule has 0 aliphatic carbocycles. The summed E-state index contributed by atoms with van der Waals surface area (Å²) in [5.74, 6) is 0.560. The molecule has 12 heavy (non-hydrogen) atoms. The van der Waals surface area contributed by atoms with Crippen LogP contribution in [0.15, 0.2) is 12.7 Å². The van der Waals surface area contributed by atoms with Crippen molar-refractivity contribution in [3.05, 3.63) is 12.7 Å². The molecule has 0 aromatic heterocycles. The van der Waals surface area contributed by atoms with Crippen molar-refractivity contribution in [2.45, 2.75) is 26.8 Å². The van der Waals surface area contributed by atoms with Gasteiger partial charge < -0.3 is 5.73 Å². The Morgan fingerprint density at radius 2 is 2.08 bits per heavy atom. The fraction of sp³-hybridized carbons (Fsp3) is 0.800. The van der Waals surface area contributed by atoms with Crippen LogP contribution >= 0.6 is 0 Å². The summed E-state index contributed by atoms with van der Waals surface area (Å²) in [6.07, 6.45) is 1.94. The zero-order valence-corrected chi connectivity index (χ0v) is 8.59. The molecule has 0 aromatic carbocycles. The molecule has 0 fully saturated rings. The average Bonchev–Trinajstić information content (AvgIpc) is 2.03. The second-order valence-corrected chi connectivity index (χ2v) is 3.48. The van der Waals surface area contributed by atoms with Crippen LogP contribution in [0.1, 0.15) is 20.8 Å². The van der Waals surface area contributed by atoms with Crippen molar-refractivity contribution in [2.24, 2.45) is 11.7 Å². The smallest absolute Gasteiger partial charge is 0.0160 e. The molecule has 0 aliphatic heterocycles. The van der Waals surface area contributed by atoms with E-state index in [-0.39, 0.29) is 6.04 Å². The van der Waals surface area contributed by atoms with E-state index < -0.39 is 0 Å². The maximum absolute atomic E-state index is 5.78. The summed E-state index contributed by atoms with van der Waals surface area (Å²) in [7, 11) is 0. The summed E-state index contributed by atoms with van der Waals surface area (Å²) in [6, 6.07) is 0.281. The van der Waals surface area contributed by atoms with Gasteiger partial charge in [-0.2, -0.15) is 0 Å². The zero-order valence-electron chi connectivity index (χ0n) is 8.59. The van der Waals surface area contributed by atoms with Crippen LogP contribution in [0.4, 0.5) is 0 Å². The van der Waals surface area contributed by atoms with E-state index in [0.29, 0.717) is 5.92 Å². The molecule has 2 nitrogen and oxygen atoms in total. The van der Waals surface area contributed by atoms with Gasteiger partial charge in [-0.1, -0.05) is 19.9 Å². The van der Waals surface area contributed by atoms with Crippen molar-refractivity contribution in [2.75, 3.05) is 19.6 Å². The summed E-state index contributed by atoms with van der Waals surface area (Å²) in [5.41, 5.74) is 5.78. The second-order valence-electron chi connectivity index (χ2n) is 3.48. The Balaban J connectivity index is 3.75. The summed E-state index contributed by atoms with van der Waals surface area (Å²) in [4.78, 5) is 2.35. The number of hydrogen-bond acceptors (Lipinski definition) is 2. The summed E-state index contributed by atoms with van der Waals surface area (Å²) < 4.78 is 0. The topological polar surface area (TPSA) is 29.3 Å². The van der Waals surface area contributed by atoms with Gasteiger partial charge in [-0.05, 0) is 19.4 Å². The van der Waals surface area contributed by atoms with Gasteiger partial charge in [-0.3, -0.25) is 4.90 Å². The lowest BCUT2D eigenvalue weighted by atomic mass is 10.0. The zero-order chi connectivity index (χ0) is 9.56. The highest BCUT2D eigenvalue weighted by atomic mass is 15.1. The van der Waals surface area contributed by atoms with E-state index in [0.717, 1.165) is 19.6 Å². The van der Waals surface area contributed by atoms with Crippen molar-refractivity contribution in [3.8, 4) is 0 Å². The summed E-state index contributed by atoms with van der Waals surface area (Å²) >= 11 is 0. The molecular weight excluding hydrogens is 148 g/mol. The van der Waals surface area contributed by atoms with Gasteiger partial charge in [0.25, 0.3) is 0 Å². The van der Waals surface area contributed by atoms with Crippen LogP contribution in [-0.2, 0) is 0 Å². The Morgan fingerprint density at radius 1 is 1.50 bits per heavy atom. The van der Waals surface area contributed by atoms with Gasteiger partial charge in [0.2, 0.25) is 0 Å². The van der Waals surface area contributed by atoms with Crippen molar-refractivity contribution >= 4 is 0 Å². The largest absolute Gasteiger partial charge is 0.328 e. The van der Waals surface area contributed by atoms with Crippen LogP contribution in [-0.4, -0.2) is 30.6 Å². The van der Waals surface area contributed by atoms with E-state index in [9.17, 15) is 0 Å². The van der Waals surface area contributed by atoms with Crippen LogP contribution < -0.4 is 5.73 Å². The number of nitrogens with two attached hydrogens (primary N) is 1. The molecule has 0 heterocycles. The van der Waals surface area contributed by atoms with E-state index in [1.165, 1.54) is 0 Å². The summed E-state index contributed by atoms with van der Waals surface area (Å²) in [6.45, 7) is 13.3. The molecule has 2 N–H and O–H groups in total.